The minimum Gasteiger partial charge on any atom is -0.507 e. The lowest BCUT2D eigenvalue weighted by Gasteiger charge is -2.30. The van der Waals surface area contributed by atoms with E-state index in [2.05, 4.69) is 4.90 Å². The van der Waals surface area contributed by atoms with Gasteiger partial charge in [-0.15, -0.1) is 0 Å². The molecule has 3 heterocycles. The molecule has 2 aliphatic rings. The number of amides is 1. The second-order valence-corrected chi connectivity index (χ2v) is 8.15. The molecule has 0 radical (unpaired) electrons. The van der Waals surface area contributed by atoms with Gasteiger partial charge in [-0.1, -0.05) is 11.6 Å². The van der Waals surface area contributed by atoms with Crippen molar-refractivity contribution in [1.82, 2.24) is 9.80 Å². The second kappa shape index (κ2) is 9.36. The third-order valence-electron chi connectivity index (χ3n) is 5.76. The Kier molecular flexibility index (Phi) is 6.55. The molecule has 8 nitrogen and oxygen atoms in total. The van der Waals surface area contributed by atoms with E-state index in [9.17, 15) is 14.7 Å². The van der Waals surface area contributed by atoms with E-state index in [1.807, 2.05) is 0 Å². The normalized spacial score (nSPS) is 21.3. The summed E-state index contributed by atoms with van der Waals surface area (Å²) >= 11 is 6.21. The number of ether oxygens (including phenoxy) is 2. The number of aliphatic hydroxyl groups excluding tert-OH is 1. The quantitative estimate of drug-likeness (QED) is 0.402. The number of likely N-dealkylation sites (tertiary alicyclic amines) is 1. The van der Waals surface area contributed by atoms with E-state index in [0.29, 0.717) is 49.1 Å². The molecule has 0 aliphatic carbocycles. The summed E-state index contributed by atoms with van der Waals surface area (Å²) in [6, 6.07) is 7.35. The van der Waals surface area contributed by atoms with Crippen molar-refractivity contribution in [3.63, 3.8) is 0 Å². The van der Waals surface area contributed by atoms with Crippen LogP contribution in [0.5, 0.6) is 5.75 Å². The van der Waals surface area contributed by atoms with Crippen LogP contribution >= 0.6 is 11.6 Å². The molecular weight excluding hydrogens is 436 g/mol. The van der Waals surface area contributed by atoms with Crippen LogP contribution in [0.2, 0.25) is 5.02 Å². The number of nitrogens with zero attached hydrogens (tertiary/aromatic N) is 2. The van der Waals surface area contributed by atoms with Crippen LogP contribution in [0.4, 0.5) is 0 Å². The number of carbonyl (C=O) groups excluding carboxylic acids is 2. The van der Waals surface area contributed by atoms with Crippen LogP contribution in [0.1, 0.15) is 23.1 Å². The minimum atomic E-state index is -0.828. The third-order valence-corrected chi connectivity index (χ3v) is 6.05. The zero-order valence-corrected chi connectivity index (χ0v) is 18.7. The van der Waals surface area contributed by atoms with Crippen molar-refractivity contribution in [3.8, 4) is 5.75 Å². The molecule has 0 saturated carbocycles. The number of furan rings is 1. The van der Waals surface area contributed by atoms with Gasteiger partial charge in [0.25, 0.3) is 11.7 Å². The Hall–Kier alpha value is -2.81. The van der Waals surface area contributed by atoms with Crippen LogP contribution < -0.4 is 4.74 Å². The Balaban J connectivity index is 1.72. The molecule has 32 heavy (non-hydrogen) atoms. The summed E-state index contributed by atoms with van der Waals surface area (Å²) in [4.78, 5) is 29.7. The molecule has 1 aromatic heterocycles. The highest BCUT2D eigenvalue weighted by atomic mass is 35.5. The Labute approximate surface area is 190 Å². The van der Waals surface area contributed by atoms with Crippen molar-refractivity contribution in [3.05, 3.63) is 58.0 Å². The number of rotatable bonds is 6. The van der Waals surface area contributed by atoms with Crippen molar-refractivity contribution < 1.29 is 28.6 Å². The van der Waals surface area contributed by atoms with Crippen molar-refractivity contribution in [2.75, 3.05) is 46.5 Å². The Morgan fingerprint density at radius 3 is 2.56 bits per heavy atom. The summed E-state index contributed by atoms with van der Waals surface area (Å²) in [5.74, 6) is -0.224. The fraction of sp³-hybridized carbons (Fsp3) is 0.391. The number of ketones is 1. The lowest BCUT2D eigenvalue weighted by atomic mass is 9.99. The number of methoxy groups -OCH3 is 1. The number of carbonyl (C=O) groups is 2. The minimum absolute atomic E-state index is 0.0208. The largest absolute Gasteiger partial charge is 0.507 e. The fourth-order valence-corrected chi connectivity index (χ4v) is 4.31. The first-order valence-corrected chi connectivity index (χ1v) is 10.8. The highest BCUT2D eigenvalue weighted by molar-refractivity contribution is 6.46. The standard InChI is InChI=1S/C23H25ClN2O6/c1-14-3-5-18(32-14)20-19(21(27)15-4-6-17(30-2)16(24)13-15)22(28)23(29)26(20)8-7-25-9-11-31-12-10-25/h3-6,13,20,27H,7-12H2,1-2H3/b21-19+/t20-/m1/s1. The van der Waals surface area contributed by atoms with Crippen LogP contribution in [-0.4, -0.2) is 73.1 Å². The number of benzene rings is 1. The summed E-state index contributed by atoms with van der Waals surface area (Å²) in [5, 5.41) is 11.4. The SMILES string of the molecule is COc1ccc(/C(O)=C2\C(=O)C(=O)N(CCN3CCOCC3)[C@@H]2c2ccc(C)o2)cc1Cl. The molecule has 170 valence electrons. The monoisotopic (exact) mass is 460 g/mol. The van der Waals surface area contributed by atoms with Gasteiger partial charge in [0, 0.05) is 31.7 Å². The van der Waals surface area contributed by atoms with Crippen molar-refractivity contribution in [2.45, 2.75) is 13.0 Å². The predicted molar refractivity (Wildman–Crippen MR) is 118 cm³/mol. The molecule has 1 atom stereocenters. The number of hydrogen-bond acceptors (Lipinski definition) is 7. The summed E-state index contributed by atoms with van der Waals surface area (Å²) < 4.78 is 16.3. The number of aliphatic hydroxyl groups is 1. The molecule has 2 fully saturated rings. The molecule has 1 N–H and O–H groups in total. The van der Waals surface area contributed by atoms with E-state index < -0.39 is 17.7 Å². The van der Waals surface area contributed by atoms with E-state index >= 15 is 0 Å². The van der Waals surface area contributed by atoms with E-state index in [4.69, 9.17) is 25.5 Å². The van der Waals surface area contributed by atoms with Gasteiger partial charge in [0.2, 0.25) is 0 Å². The van der Waals surface area contributed by atoms with Gasteiger partial charge in [-0.05, 0) is 37.3 Å². The van der Waals surface area contributed by atoms with Gasteiger partial charge >= 0.3 is 0 Å². The molecule has 2 aromatic rings. The van der Waals surface area contributed by atoms with Gasteiger partial charge in [0.1, 0.15) is 29.1 Å². The van der Waals surface area contributed by atoms with E-state index in [1.165, 1.54) is 18.1 Å². The summed E-state index contributed by atoms with van der Waals surface area (Å²) in [5.41, 5.74) is 0.294. The van der Waals surface area contributed by atoms with Crippen molar-refractivity contribution in [2.24, 2.45) is 0 Å². The number of morpholine rings is 1. The van der Waals surface area contributed by atoms with Crippen LogP contribution in [0.25, 0.3) is 5.76 Å². The maximum Gasteiger partial charge on any atom is 0.295 e. The average Bonchev–Trinajstić information content (AvgIpc) is 3.33. The first-order valence-electron chi connectivity index (χ1n) is 10.4. The smallest absolute Gasteiger partial charge is 0.295 e. The first-order chi connectivity index (χ1) is 15.4. The molecular formula is C23H25ClN2O6. The number of Topliss-reactive ketones (excluding diaryl/α,β-unsaturated/α-hetero) is 1. The number of aryl methyl sites for hydroxylation is 1. The average molecular weight is 461 g/mol. The topological polar surface area (TPSA) is 92.5 Å². The van der Waals surface area contributed by atoms with Crippen molar-refractivity contribution in [1.29, 1.82) is 0 Å². The van der Waals surface area contributed by atoms with Crippen LogP contribution in [0.15, 0.2) is 40.3 Å². The maximum atomic E-state index is 13.0. The fourth-order valence-electron chi connectivity index (χ4n) is 4.05. The van der Waals surface area contributed by atoms with Crippen molar-refractivity contribution >= 4 is 29.1 Å². The zero-order chi connectivity index (χ0) is 22.8. The summed E-state index contributed by atoms with van der Waals surface area (Å²) in [6.07, 6.45) is 0. The van der Waals surface area contributed by atoms with Gasteiger partial charge < -0.3 is 23.9 Å². The van der Waals surface area contributed by atoms with Crippen LogP contribution in [0, 0.1) is 6.92 Å². The number of halogens is 1. The van der Waals surface area contributed by atoms with Gasteiger partial charge in [-0.3, -0.25) is 14.5 Å². The first kappa shape index (κ1) is 22.4. The maximum absolute atomic E-state index is 13.0. The van der Waals surface area contributed by atoms with Gasteiger partial charge in [0.05, 0.1) is 30.9 Å². The van der Waals surface area contributed by atoms with Gasteiger partial charge in [0.15, 0.2) is 0 Å². The lowest BCUT2D eigenvalue weighted by molar-refractivity contribution is -0.140. The van der Waals surface area contributed by atoms with Gasteiger partial charge in [-0.25, -0.2) is 0 Å². The summed E-state index contributed by atoms with van der Waals surface area (Å²) in [6.45, 7) is 5.48. The lowest BCUT2D eigenvalue weighted by Crippen LogP contribution is -2.42. The molecule has 1 aromatic carbocycles. The molecule has 2 aliphatic heterocycles. The second-order valence-electron chi connectivity index (χ2n) is 7.74. The molecule has 2 saturated heterocycles. The molecule has 1 amide bonds. The highest BCUT2D eigenvalue weighted by Crippen LogP contribution is 2.40. The molecule has 4 rings (SSSR count). The Morgan fingerprint density at radius 1 is 1.19 bits per heavy atom. The van der Waals surface area contributed by atoms with Crippen LogP contribution in [0.3, 0.4) is 0 Å². The van der Waals surface area contributed by atoms with E-state index in [1.54, 1.807) is 31.2 Å². The van der Waals surface area contributed by atoms with E-state index in [-0.39, 0.29) is 16.4 Å². The van der Waals surface area contributed by atoms with Gasteiger partial charge in [-0.2, -0.15) is 0 Å². The third kappa shape index (κ3) is 4.26. The highest BCUT2D eigenvalue weighted by Gasteiger charge is 2.47. The number of hydrogen-bond donors (Lipinski definition) is 1. The molecule has 0 spiro atoms. The molecule has 0 unspecified atom stereocenters. The molecule has 9 heteroatoms. The zero-order valence-electron chi connectivity index (χ0n) is 18.0. The Bertz CT molecular complexity index is 1060. The summed E-state index contributed by atoms with van der Waals surface area (Å²) in [7, 11) is 1.49. The Morgan fingerprint density at radius 2 is 1.94 bits per heavy atom. The predicted octanol–water partition coefficient (Wildman–Crippen LogP) is 3.00. The molecule has 0 bridgehead atoms. The van der Waals surface area contributed by atoms with E-state index in [0.717, 1.165) is 13.1 Å². The van der Waals surface area contributed by atoms with Crippen LogP contribution in [-0.2, 0) is 14.3 Å².